The second kappa shape index (κ2) is 8.29. The van der Waals surface area contributed by atoms with Crippen molar-refractivity contribution < 1.29 is 23.4 Å². The quantitative estimate of drug-likeness (QED) is 0.435. The van der Waals surface area contributed by atoms with Crippen molar-refractivity contribution in [3.8, 4) is 0 Å². The second-order valence-electron chi connectivity index (χ2n) is 12.6. The van der Waals surface area contributed by atoms with Gasteiger partial charge in [0.05, 0.1) is 5.60 Å². The molecule has 5 heteroatoms. The Bertz CT molecular complexity index is 729. The van der Waals surface area contributed by atoms with Gasteiger partial charge in [-0.05, 0) is 105 Å². The molecule has 32 heavy (non-hydrogen) atoms. The molecular weight excluding hydrogens is 413 g/mol. The number of hydrogen-bond acceptors (Lipinski definition) is 2. The lowest BCUT2D eigenvalue weighted by Crippen LogP contribution is -2.52. The normalized spacial score (nSPS) is 46.0. The zero-order valence-corrected chi connectivity index (χ0v) is 20.3. The van der Waals surface area contributed by atoms with E-state index >= 15 is 0 Å². The highest BCUT2D eigenvalue weighted by Crippen LogP contribution is 2.67. The maximum Gasteiger partial charge on any atom is 0.414 e. The van der Waals surface area contributed by atoms with Gasteiger partial charge in [-0.2, -0.15) is 13.2 Å². The van der Waals surface area contributed by atoms with Crippen molar-refractivity contribution in [1.29, 1.82) is 0 Å². The van der Waals surface area contributed by atoms with Crippen LogP contribution >= 0.6 is 0 Å². The van der Waals surface area contributed by atoms with Crippen LogP contribution in [0.4, 0.5) is 13.2 Å². The van der Waals surface area contributed by atoms with Crippen molar-refractivity contribution in [2.24, 2.45) is 40.4 Å². The van der Waals surface area contributed by atoms with Gasteiger partial charge in [0.1, 0.15) is 6.10 Å². The number of alkyl halides is 3. The van der Waals surface area contributed by atoms with Crippen LogP contribution in [0.2, 0.25) is 0 Å². The van der Waals surface area contributed by atoms with E-state index in [1.807, 2.05) is 6.92 Å². The summed E-state index contributed by atoms with van der Waals surface area (Å²) in [6, 6.07) is 0. The maximum atomic E-state index is 12.6. The Hall–Kier alpha value is -0.550. The summed E-state index contributed by atoms with van der Waals surface area (Å²) in [5.74, 6) is 3.08. The Kier molecular flexibility index (Phi) is 6.36. The molecule has 0 bridgehead atoms. The molecule has 2 nitrogen and oxygen atoms in total. The van der Waals surface area contributed by atoms with E-state index in [4.69, 9.17) is 0 Å². The number of allylic oxidation sites excluding steroid dienone is 1. The minimum absolute atomic E-state index is 0.179. The minimum Gasteiger partial charge on any atom is -0.390 e. The van der Waals surface area contributed by atoms with E-state index < -0.39 is 17.9 Å². The lowest BCUT2D eigenvalue weighted by Gasteiger charge is -2.59. The third kappa shape index (κ3) is 4.19. The van der Waals surface area contributed by atoms with Crippen LogP contribution in [0.5, 0.6) is 0 Å². The summed E-state index contributed by atoms with van der Waals surface area (Å²) in [5, 5.41) is 20.0. The molecule has 2 N–H and O–H groups in total. The van der Waals surface area contributed by atoms with Crippen molar-refractivity contribution in [3.05, 3.63) is 11.6 Å². The molecule has 0 aromatic carbocycles. The average Bonchev–Trinajstić information content (AvgIpc) is 3.05. The predicted octanol–water partition coefficient (Wildman–Crippen LogP) is 7.05. The molecular formula is C27H43F3O2. The fourth-order valence-corrected chi connectivity index (χ4v) is 8.78. The van der Waals surface area contributed by atoms with Crippen LogP contribution < -0.4 is 0 Å². The van der Waals surface area contributed by atoms with Gasteiger partial charge in [-0.25, -0.2) is 0 Å². The molecule has 4 aliphatic carbocycles. The molecule has 3 saturated carbocycles. The monoisotopic (exact) mass is 456 g/mol. The molecule has 0 aromatic rings. The SMILES string of the molecule is C[C@H](CCCC(O)C(F)(F)F)[C@H]1CC[C@H]2[C@@H]3CC=C4C[C@@](C)(O)CC[C@]4(C)[C@H]3CC[C@]12C. The van der Waals surface area contributed by atoms with Gasteiger partial charge in [0.2, 0.25) is 0 Å². The minimum atomic E-state index is -4.50. The van der Waals surface area contributed by atoms with E-state index in [-0.39, 0.29) is 17.3 Å². The summed E-state index contributed by atoms with van der Waals surface area (Å²) in [7, 11) is 0. The number of fused-ring (bicyclic) bond motifs is 5. The summed E-state index contributed by atoms with van der Waals surface area (Å²) < 4.78 is 37.9. The molecule has 0 spiro atoms. The molecule has 0 aromatic heterocycles. The zero-order chi connectivity index (χ0) is 23.5. The van der Waals surface area contributed by atoms with Gasteiger partial charge in [-0.3, -0.25) is 0 Å². The Balaban J connectivity index is 1.43. The lowest BCUT2D eigenvalue weighted by molar-refractivity contribution is -0.205. The average molecular weight is 457 g/mol. The molecule has 4 rings (SSSR count). The van der Waals surface area contributed by atoms with E-state index in [0.29, 0.717) is 36.0 Å². The standard InChI is InChI=1S/C27H43F3O2/c1-17(6-5-7-23(31)27(28,29)30)20-10-11-21-19-9-8-18-16-24(2,32)14-15-25(18,3)22(19)12-13-26(20,21)4/h8,17,19-23,31-32H,5-7,9-16H2,1-4H3/t17-,19+,20-,21+,22+,23?,24+,25+,26-/m1/s1. The molecule has 4 aliphatic rings. The fourth-order valence-electron chi connectivity index (χ4n) is 8.78. The van der Waals surface area contributed by atoms with E-state index in [1.165, 1.54) is 31.3 Å². The summed E-state index contributed by atoms with van der Waals surface area (Å²) in [6.45, 7) is 9.14. The molecule has 0 heterocycles. The van der Waals surface area contributed by atoms with Crippen molar-refractivity contribution in [2.45, 2.75) is 116 Å². The smallest absolute Gasteiger partial charge is 0.390 e. The highest BCUT2D eigenvalue weighted by Gasteiger charge is 2.59. The molecule has 0 radical (unpaired) electrons. The van der Waals surface area contributed by atoms with Gasteiger partial charge in [0.15, 0.2) is 0 Å². The Morgan fingerprint density at radius 3 is 2.44 bits per heavy atom. The van der Waals surface area contributed by atoms with Gasteiger partial charge in [-0.1, -0.05) is 45.3 Å². The number of hydrogen-bond donors (Lipinski definition) is 2. The summed E-state index contributed by atoms with van der Waals surface area (Å²) in [6.07, 6.45) is 5.62. The van der Waals surface area contributed by atoms with E-state index in [2.05, 4.69) is 26.8 Å². The largest absolute Gasteiger partial charge is 0.414 e. The van der Waals surface area contributed by atoms with Gasteiger partial charge in [-0.15, -0.1) is 0 Å². The van der Waals surface area contributed by atoms with Crippen LogP contribution in [0.15, 0.2) is 11.6 Å². The number of halogens is 3. The van der Waals surface area contributed by atoms with E-state index in [1.54, 1.807) is 0 Å². The number of aliphatic hydroxyl groups excluding tert-OH is 1. The third-order valence-electron chi connectivity index (χ3n) is 10.7. The Morgan fingerprint density at radius 1 is 1.03 bits per heavy atom. The highest BCUT2D eigenvalue weighted by atomic mass is 19.4. The van der Waals surface area contributed by atoms with Crippen LogP contribution in [-0.4, -0.2) is 28.1 Å². The van der Waals surface area contributed by atoms with Crippen molar-refractivity contribution >= 4 is 0 Å². The van der Waals surface area contributed by atoms with E-state index in [9.17, 15) is 23.4 Å². The van der Waals surface area contributed by atoms with Crippen LogP contribution in [0.1, 0.15) is 98.3 Å². The van der Waals surface area contributed by atoms with Gasteiger partial charge in [0.25, 0.3) is 0 Å². The van der Waals surface area contributed by atoms with Crippen molar-refractivity contribution in [1.82, 2.24) is 0 Å². The second-order valence-corrected chi connectivity index (χ2v) is 12.6. The van der Waals surface area contributed by atoms with Crippen LogP contribution in [0.25, 0.3) is 0 Å². The lowest BCUT2D eigenvalue weighted by atomic mass is 9.46. The predicted molar refractivity (Wildman–Crippen MR) is 121 cm³/mol. The first-order valence-corrected chi connectivity index (χ1v) is 12.9. The Labute approximate surface area is 192 Å². The molecule has 9 atom stereocenters. The van der Waals surface area contributed by atoms with Crippen LogP contribution in [0, 0.1) is 40.4 Å². The first kappa shape index (κ1) is 24.6. The van der Waals surface area contributed by atoms with Gasteiger partial charge in [0, 0.05) is 0 Å². The number of aliphatic hydroxyl groups is 2. The highest BCUT2D eigenvalue weighted by molar-refractivity contribution is 5.26. The fraction of sp³-hybridized carbons (Fsp3) is 0.926. The molecule has 3 fully saturated rings. The third-order valence-corrected chi connectivity index (χ3v) is 10.7. The summed E-state index contributed by atoms with van der Waals surface area (Å²) in [5.41, 5.74) is 1.44. The summed E-state index contributed by atoms with van der Waals surface area (Å²) >= 11 is 0. The van der Waals surface area contributed by atoms with Crippen molar-refractivity contribution in [2.75, 3.05) is 0 Å². The molecule has 0 saturated heterocycles. The first-order valence-electron chi connectivity index (χ1n) is 12.9. The first-order chi connectivity index (χ1) is 14.8. The zero-order valence-electron chi connectivity index (χ0n) is 20.3. The number of rotatable bonds is 5. The van der Waals surface area contributed by atoms with E-state index in [0.717, 1.165) is 32.1 Å². The molecule has 1 unspecified atom stereocenters. The topological polar surface area (TPSA) is 40.5 Å². The molecule has 0 amide bonds. The van der Waals surface area contributed by atoms with Crippen LogP contribution in [0.3, 0.4) is 0 Å². The molecule has 184 valence electrons. The van der Waals surface area contributed by atoms with Gasteiger partial charge >= 0.3 is 6.18 Å². The van der Waals surface area contributed by atoms with Crippen molar-refractivity contribution in [3.63, 3.8) is 0 Å². The maximum absolute atomic E-state index is 12.6. The summed E-state index contributed by atoms with van der Waals surface area (Å²) in [4.78, 5) is 0. The molecule has 0 aliphatic heterocycles. The van der Waals surface area contributed by atoms with Crippen LogP contribution in [-0.2, 0) is 0 Å². The van der Waals surface area contributed by atoms with Gasteiger partial charge < -0.3 is 10.2 Å². The Morgan fingerprint density at radius 2 is 1.75 bits per heavy atom.